The van der Waals surface area contributed by atoms with E-state index in [-0.39, 0.29) is 0 Å². The zero-order chi connectivity index (χ0) is 12.1. The van der Waals surface area contributed by atoms with Crippen LogP contribution >= 0.6 is 0 Å². The summed E-state index contributed by atoms with van der Waals surface area (Å²) in [7, 11) is 2.07. The number of fused-ring (bicyclic) bond motifs is 1. The maximum atomic E-state index is 6.01. The molecule has 4 heteroatoms. The van der Waals surface area contributed by atoms with Gasteiger partial charge in [0.25, 0.3) is 5.82 Å². The Hall–Kier alpha value is -1.55. The zero-order valence-electron chi connectivity index (χ0n) is 10.5. The molecule has 1 atom stereocenters. The van der Waals surface area contributed by atoms with Crippen molar-refractivity contribution in [1.82, 2.24) is 9.61 Å². The molecule has 2 rings (SSSR count). The first-order chi connectivity index (χ1) is 7.74. The summed E-state index contributed by atoms with van der Waals surface area (Å²) < 4.78 is 1.82. The Labute approximate surface area is 96.7 Å². The molecule has 0 radical (unpaired) electrons. The Balaban J connectivity index is 0.000000606. The molecular formula is C12H21N4+. The summed E-state index contributed by atoms with van der Waals surface area (Å²) in [5.74, 6) is 0.929. The molecular weight excluding hydrogens is 200 g/mol. The largest absolute Gasteiger partial charge is 0.391 e. The van der Waals surface area contributed by atoms with Gasteiger partial charge in [0.15, 0.2) is 0 Å². The molecule has 0 saturated carbocycles. The van der Waals surface area contributed by atoms with E-state index in [1.807, 2.05) is 42.8 Å². The van der Waals surface area contributed by atoms with Crippen LogP contribution in [0.1, 0.15) is 20.8 Å². The Kier molecular flexibility index (Phi) is 4.31. The van der Waals surface area contributed by atoms with Gasteiger partial charge in [-0.05, 0) is 19.1 Å². The lowest BCUT2D eigenvalue weighted by Gasteiger charge is -2.06. The molecule has 0 fully saturated rings. The van der Waals surface area contributed by atoms with Crippen molar-refractivity contribution >= 4 is 17.0 Å². The van der Waals surface area contributed by atoms with Crippen molar-refractivity contribution in [3.8, 4) is 0 Å². The van der Waals surface area contributed by atoms with Gasteiger partial charge in [-0.3, -0.25) is 4.90 Å². The predicted octanol–water partition coefficient (Wildman–Crippen LogP) is 1.11. The third kappa shape index (κ3) is 2.17. The molecule has 0 bridgehead atoms. The van der Waals surface area contributed by atoms with E-state index in [0.717, 1.165) is 23.6 Å². The second-order valence-electron chi connectivity index (χ2n) is 3.43. The first-order valence-electron chi connectivity index (χ1n) is 5.79. The maximum absolute atomic E-state index is 6.01. The summed E-state index contributed by atoms with van der Waals surface area (Å²) >= 11 is 0. The van der Waals surface area contributed by atoms with Crippen molar-refractivity contribution < 1.29 is 4.90 Å². The summed E-state index contributed by atoms with van der Waals surface area (Å²) in [5, 5.41) is 4.44. The first-order valence-corrected chi connectivity index (χ1v) is 5.79. The molecule has 2 aromatic heterocycles. The number of nitrogen functional groups attached to an aromatic ring is 1. The van der Waals surface area contributed by atoms with E-state index in [4.69, 9.17) is 5.73 Å². The fraction of sp³-hybridized carbons (Fsp3) is 0.417. The van der Waals surface area contributed by atoms with Gasteiger partial charge in [-0.15, -0.1) is 5.10 Å². The SMILES string of the molecule is CC.CC[NH+](C)c1nn2ccccc2c1N. The van der Waals surface area contributed by atoms with Crippen molar-refractivity contribution in [3.05, 3.63) is 24.4 Å². The number of rotatable bonds is 2. The normalized spacial score (nSPS) is 12.0. The molecule has 0 aromatic carbocycles. The van der Waals surface area contributed by atoms with Crippen LogP contribution in [0, 0.1) is 0 Å². The average Bonchev–Trinajstić information content (AvgIpc) is 2.69. The Morgan fingerprint density at radius 3 is 2.62 bits per heavy atom. The number of aromatic nitrogens is 2. The second-order valence-corrected chi connectivity index (χ2v) is 3.43. The Morgan fingerprint density at radius 1 is 1.38 bits per heavy atom. The van der Waals surface area contributed by atoms with Crippen LogP contribution in [-0.2, 0) is 0 Å². The molecule has 88 valence electrons. The Bertz CT molecular complexity index is 447. The maximum Gasteiger partial charge on any atom is 0.268 e. The number of hydrogen-bond acceptors (Lipinski definition) is 2. The highest BCUT2D eigenvalue weighted by atomic mass is 15.3. The van der Waals surface area contributed by atoms with Gasteiger partial charge in [-0.2, -0.15) is 0 Å². The number of nitrogens with one attached hydrogen (secondary N) is 1. The Morgan fingerprint density at radius 2 is 2.06 bits per heavy atom. The molecule has 0 spiro atoms. The minimum Gasteiger partial charge on any atom is -0.391 e. The lowest BCUT2D eigenvalue weighted by atomic mass is 10.3. The molecule has 16 heavy (non-hydrogen) atoms. The second kappa shape index (κ2) is 5.51. The van der Waals surface area contributed by atoms with Crippen LogP contribution in [0.4, 0.5) is 11.5 Å². The van der Waals surface area contributed by atoms with Crippen molar-refractivity contribution in [2.75, 3.05) is 19.3 Å². The van der Waals surface area contributed by atoms with E-state index in [9.17, 15) is 0 Å². The van der Waals surface area contributed by atoms with E-state index in [1.54, 1.807) is 0 Å². The molecule has 0 aliphatic carbocycles. The quantitative estimate of drug-likeness (QED) is 0.798. The smallest absolute Gasteiger partial charge is 0.268 e. The molecule has 1 unspecified atom stereocenters. The molecule has 0 aliphatic heterocycles. The van der Waals surface area contributed by atoms with Crippen molar-refractivity contribution in [3.63, 3.8) is 0 Å². The molecule has 0 aliphatic rings. The van der Waals surface area contributed by atoms with Crippen LogP contribution in [0.15, 0.2) is 24.4 Å². The third-order valence-corrected chi connectivity index (χ3v) is 2.51. The highest BCUT2D eigenvalue weighted by molar-refractivity contribution is 5.76. The fourth-order valence-electron chi connectivity index (χ4n) is 1.50. The highest BCUT2D eigenvalue weighted by Crippen LogP contribution is 2.18. The first kappa shape index (κ1) is 12.5. The van der Waals surface area contributed by atoms with Gasteiger partial charge in [0.05, 0.1) is 19.1 Å². The lowest BCUT2D eigenvalue weighted by Crippen LogP contribution is -3.03. The summed E-state index contributed by atoms with van der Waals surface area (Å²) in [6, 6.07) is 5.90. The van der Waals surface area contributed by atoms with Gasteiger partial charge in [-0.1, -0.05) is 19.9 Å². The number of nitrogens with two attached hydrogens (primary N) is 1. The van der Waals surface area contributed by atoms with Crippen LogP contribution < -0.4 is 10.6 Å². The number of hydrogen-bond donors (Lipinski definition) is 2. The van der Waals surface area contributed by atoms with Gasteiger partial charge in [-0.25, -0.2) is 4.52 Å². The van der Waals surface area contributed by atoms with Gasteiger partial charge in [0.1, 0.15) is 5.69 Å². The third-order valence-electron chi connectivity index (χ3n) is 2.51. The standard InChI is InChI=1S/C10H14N4.C2H6/c1-3-13(2)10-9(11)8-6-4-5-7-14(8)12-10;1-2/h4-7H,3,11H2,1-2H3;1-2H3/p+1. The number of pyridine rings is 1. The van der Waals surface area contributed by atoms with E-state index in [2.05, 4.69) is 19.1 Å². The molecule has 0 saturated heterocycles. The van der Waals surface area contributed by atoms with Crippen LogP contribution in [0.3, 0.4) is 0 Å². The van der Waals surface area contributed by atoms with Crippen LogP contribution in [0.2, 0.25) is 0 Å². The van der Waals surface area contributed by atoms with E-state index >= 15 is 0 Å². The number of anilines is 1. The topological polar surface area (TPSA) is 47.8 Å². The van der Waals surface area contributed by atoms with Gasteiger partial charge < -0.3 is 5.73 Å². The van der Waals surface area contributed by atoms with Crippen molar-refractivity contribution in [2.24, 2.45) is 0 Å². The fourth-order valence-corrected chi connectivity index (χ4v) is 1.50. The van der Waals surface area contributed by atoms with Gasteiger partial charge in [0.2, 0.25) is 0 Å². The summed E-state index contributed by atoms with van der Waals surface area (Å²) in [6.45, 7) is 7.09. The molecule has 4 nitrogen and oxygen atoms in total. The van der Waals surface area contributed by atoms with Gasteiger partial charge in [0, 0.05) is 6.20 Å². The lowest BCUT2D eigenvalue weighted by molar-refractivity contribution is -0.809. The van der Waals surface area contributed by atoms with Crippen molar-refractivity contribution in [2.45, 2.75) is 20.8 Å². The average molecular weight is 221 g/mol. The van der Waals surface area contributed by atoms with Crippen molar-refractivity contribution in [1.29, 1.82) is 0 Å². The number of quaternary nitrogens is 1. The molecule has 2 aromatic rings. The summed E-state index contributed by atoms with van der Waals surface area (Å²) in [4.78, 5) is 1.23. The molecule has 2 heterocycles. The monoisotopic (exact) mass is 221 g/mol. The number of nitrogens with zero attached hydrogens (tertiary/aromatic N) is 2. The van der Waals surface area contributed by atoms with Crippen LogP contribution in [0.25, 0.3) is 5.52 Å². The minimum atomic E-state index is 0.782. The van der Waals surface area contributed by atoms with Crippen LogP contribution in [-0.4, -0.2) is 23.2 Å². The zero-order valence-corrected chi connectivity index (χ0v) is 10.5. The predicted molar refractivity (Wildman–Crippen MR) is 68.0 cm³/mol. The highest BCUT2D eigenvalue weighted by Gasteiger charge is 2.16. The van der Waals surface area contributed by atoms with Crippen LogP contribution in [0.5, 0.6) is 0 Å². The molecule has 0 amide bonds. The van der Waals surface area contributed by atoms with Gasteiger partial charge >= 0.3 is 0 Å². The van der Waals surface area contributed by atoms with E-state index in [1.165, 1.54) is 4.90 Å². The molecule has 3 N–H and O–H groups in total. The van der Waals surface area contributed by atoms with E-state index in [0.29, 0.717) is 0 Å². The minimum absolute atomic E-state index is 0.782. The summed E-state index contributed by atoms with van der Waals surface area (Å²) in [5.41, 5.74) is 7.78. The summed E-state index contributed by atoms with van der Waals surface area (Å²) in [6.07, 6.45) is 1.91. The van der Waals surface area contributed by atoms with E-state index < -0.39 is 0 Å².